The first kappa shape index (κ1) is 19.0. The van der Waals surface area contributed by atoms with E-state index in [9.17, 15) is 23.1 Å². The third-order valence-corrected chi connectivity index (χ3v) is 4.52. The molecule has 1 heterocycles. The van der Waals surface area contributed by atoms with Gasteiger partial charge in [-0.05, 0) is 48.5 Å². The molecular formula is C19H18F3NO4. The number of aliphatic hydroxyl groups is 1. The van der Waals surface area contributed by atoms with Gasteiger partial charge in [-0.25, -0.2) is 4.79 Å². The smallest absolute Gasteiger partial charge is 0.416 e. The Kier molecular flexibility index (Phi) is 5.27. The molecule has 3 rings (SSSR count). The number of carbonyl (C=O) groups is 1. The lowest BCUT2D eigenvalue weighted by Crippen LogP contribution is -2.32. The zero-order valence-electron chi connectivity index (χ0n) is 14.2. The van der Waals surface area contributed by atoms with Gasteiger partial charge in [0.1, 0.15) is 11.9 Å². The van der Waals surface area contributed by atoms with Crippen LogP contribution < -0.4 is 9.64 Å². The fourth-order valence-electron chi connectivity index (χ4n) is 3.16. The number of aliphatic hydroxyl groups excluding tert-OH is 1. The maximum absolute atomic E-state index is 12.6. The molecule has 0 amide bonds. The van der Waals surface area contributed by atoms with Crippen molar-refractivity contribution in [3.63, 3.8) is 0 Å². The number of anilines is 1. The van der Waals surface area contributed by atoms with Crippen molar-refractivity contribution >= 4 is 11.7 Å². The van der Waals surface area contributed by atoms with Crippen molar-refractivity contribution in [2.24, 2.45) is 0 Å². The van der Waals surface area contributed by atoms with Crippen LogP contribution in [-0.4, -0.2) is 41.5 Å². The predicted molar refractivity (Wildman–Crippen MR) is 92.1 cm³/mol. The van der Waals surface area contributed by atoms with E-state index < -0.39 is 17.7 Å². The van der Waals surface area contributed by atoms with E-state index >= 15 is 0 Å². The number of halogens is 3. The molecule has 1 saturated heterocycles. The standard InChI is InChI=1S/C19H18F3NO4/c20-19(21,22)13-3-7-16(8-4-13)27-17-9-15(11-24)23(10-17)14-5-1-12(2-6-14)18(25)26/h1-8,15,17,24H,9-11H2,(H,25,26)/t15-,17-/m0/s1. The minimum Gasteiger partial charge on any atom is -0.489 e. The summed E-state index contributed by atoms with van der Waals surface area (Å²) in [6.45, 7) is 0.312. The van der Waals surface area contributed by atoms with E-state index in [4.69, 9.17) is 9.84 Å². The number of alkyl halides is 3. The third-order valence-electron chi connectivity index (χ3n) is 4.52. The highest BCUT2D eigenvalue weighted by molar-refractivity contribution is 5.88. The van der Waals surface area contributed by atoms with Gasteiger partial charge in [-0.3, -0.25) is 0 Å². The van der Waals surface area contributed by atoms with Gasteiger partial charge in [-0.1, -0.05) is 0 Å². The van der Waals surface area contributed by atoms with E-state index in [1.165, 1.54) is 24.3 Å². The molecule has 1 fully saturated rings. The molecule has 1 aliphatic rings. The number of ether oxygens (including phenoxy) is 1. The zero-order chi connectivity index (χ0) is 19.6. The van der Waals surface area contributed by atoms with Crippen LogP contribution in [0.3, 0.4) is 0 Å². The Balaban J connectivity index is 1.69. The van der Waals surface area contributed by atoms with Crippen molar-refractivity contribution in [1.29, 1.82) is 0 Å². The summed E-state index contributed by atoms with van der Waals surface area (Å²) in [6, 6.07) is 10.6. The second-order valence-corrected chi connectivity index (χ2v) is 6.34. The van der Waals surface area contributed by atoms with Crippen molar-refractivity contribution in [3.8, 4) is 5.75 Å². The van der Waals surface area contributed by atoms with Crippen LogP contribution in [0.25, 0.3) is 0 Å². The summed E-state index contributed by atoms with van der Waals surface area (Å²) < 4.78 is 43.7. The summed E-state index contributed by atoms with van der Waals surface area (Å²) in [6.07, 6.45) is -4.21. The molecule has 144 valence electrons. The highest BCUT2D eigenvalue weighted by atomic mass is 19.4. The largest absolute Gasteiger partial charge is 0.489 e. The van der Waals surface area contributed by atoms with Gasteiger partial charge in [0.25, 0.3) is 0 Å². The van der Waals surface area contributed by atoms with Gasteiger partial charge in [-0.15, -0.1) is 0 Å². The van der Waals surface area contributed by atoms with Gasteiger partial charge in [0, 0.05) is 12.1 Å². The van der Waals surface area contributed by atoms with Crippen molar-refractivity contribution in [3.05, 3.63) is 59.7 Å². The molecule has 0 aromatic heterocycles. The van der Waals surface area contributed by atoms with E-state index in [1.54, 1.807) is 12.1 Å². The Morgan fingerprint density at radius 3 is 2.26 bits per heavy atom. The predicted octanol–water partition coefficient (Wildman–Crippen LogP) is 3.42. The minimum absolute atomic E-state index is 0.118. The summed E-state index contributed by atoms with van der Waals surface area (Å²) in [4.78, 5) is 12.9. The lowest BCUT2D eigenvalue weighted by Gasteiger charge is -2.25. The lowest BCUT2D eigenvalue weighted by atomic mass is 10.1. The molecule has 5 nitrogen and oxygen atoms in total. The maximum Gasteiger partial charge on any atom is 0.416 e. The molecule has 2 aromatic carbocycles. The molecular weight excluding hydrogens is 363 g/mol. The molecule has 27 heavy (non-hydrogen) atoms. The Bertz CT molecular complexity index is 790. The number of carboxylic acids is 1. The van der Waals surface area contributed by atoms with E-state index in [0.717, 1.165) is 17.8 Å². The summed E-state index contributed by atoms with van der Waals surface area (Å²) in [5, 5.41) is 18.6. The zero-order valence-corrected chi connectivity index (χ0v) is 14.2. The summed E-state index contributed by atoms with van der Waals surface area (Å²) in [7, 11) is 0. The maximum atomic E-state index is 12.6. The molecule has 0 spiro atoms. The molecule has 2 aromatic rings. The fourth-order valence-corrected chi connectivity index (χ4v) is 3.16. The first-order valence-corrected chi connectivity index (χ1v) is 8.32. The van der Waals surface area contributed by atoms with Crippen LogP contribution in [0.15, 0.2) is 48.5 Å². The van der Waals surface area contributed by atoms with Crippen molar-refractivity contribution in [2.75, 3.05) is 18.1 Å². The van der Waals surface area contributed by atoms with E-state index in [1.807, 2.05) is 4.90 Å². The number of hydrogen-bond acceptors (Lipinski definition) is 4. The number of benzene rings is 2. The van der Waals surface area contributed by atoms with Crippen LogP contribution in [0.5, 0.6) is 5.75 Å². The molecule has 2 N–H and O–H groups in total. The molecule has 0 radical (unpaired) electrons. The Morgan fingerprint density at radius 2 is 1.74 bits per heavy atom. The number of rotatable bonds is 5. The fraction of sp³-hybridized carbons (Fsp3) is 0.316. The highest BCUT2D eigenvalue weighted by Gasteiger charge is 2.34. The van der Waals surface area contributed by atoms with Gasteiger partial charge in [-0.2, -0.15) is 13.2 Å². The molecule has 1 aliphatic heterocycles. The van der Waals surface area contributed by atoms with Crippen molar-refractivity contribution in [1.82, 2.24) is 0 Å². The first-order valence-electron chi connectivity index (χ1n) is 8.32. The van der Waals surface area contributed by atoms with Crippen molar-refractivity contribution in [2.45, 2.75) is 24.7 Å². The van der Waals surface area contributed by atoms with Gasteiger partial charge >= 0.3 is 12.1 Å². The van der Waals surface area contributed by atoms with Crippen LogP contribution >= 0.6 is 0 Å². The number of hydrogen-bond donors (Lipinski definition) is 2. The quantitative estimate of drug-likeness (QED) is 0.831. The minimum atomic E-state index is -4.40. The van der Waals surface area contributed by atoms with Crippen LogP contribution in [0, 0.1) is 0 Å². The Hall–Kier alpha value is -2.74. The van der Waals surface area contributed by atoms with Crippen molar-refractivity contribution < 1.29 is 32.9 Å². The molecule has 0 aliphatic carbocycles. The SMILES string of the molecule is O=C(O)c1ccc(N2C[C@@H](Oc3ccc(C(F)(F)F)cc3)C[C@H]2CO)cc1. The average molecular weight is 381 g/mol. The molecule has 8 heteroatoms. The summed E-state index contributed by atoms with van der Waals surface area (Å²) in [5.74, 6) is -0.696. The van der Waals surface area contributed by atoms with Gasteiger partial charge < -0.3 is 19.8 Å². The summed E-state index contributed by atoms with van der Waals surface area (Å²) in [5.41, 5.74) is 0.170. The summed E-state index contributed by atoms with van der Waals surface area (Å²) >= 11 is 0. The Labute approximate surface area is 153 Å². The molecule has 0 unspecified atom stereocenters. The number of aromatic carboxylic acids is 1. The topological polar surface area (TPSA) is 70.0 Å². The van der Waals surface area contributed by atoms with Crippen LogP contribution in [0.1, 0.15) is 22.3 Å². The van der Waals surface area contributed by atoms with E-state index in [-0.39, 0.29) is 24.3 Å². The Morgan fingerprint density at radius 1 is 1.11 bits per heavy atom. The molecule has 0 saturated carbocycles. The van der Waals surface area contributed by atoms with Crippen LogP contribution in [-0.2, 0) is 6.18 Å². The third kappa shape index (κ3) is 4.33. The average Bonchev–Trinajstić information content (AvgIpc) is 3.04. The monoisotopic (exact) mass is 381 g/mol. The van der Waals surface area contributed by atoms with Gasteiger partial charge in [0.15, 0.2) is 0 Å². The normalized spacial score (nSPS) is 19.9. The molecule has 2 atom stereocenters. The van der Waals surface area contributed by atoms with Crippen LogP contribution in [0.4, 0.5) is 18.9 Å². The van der Waals surface area contributed by atoms with Crippen LogP contribution in [0.2, 0.25) is 0 Å². The van der Waals surface area contributed by atoms with E-state index in [0.29, 0.717) is 18.7 Å². The second kappa shape index (κ2) is 7.48. The van der Waals surface area contributed by atoms with Gasteiger partial charge in [0.2, 0.25) is 0 Å². The highest BCUT2D eigenvalue weighted by Crippen LogP contribution is 2.32. The second-order valence-electron chi connectivity index (χ2n) is 6.34. The lowest BCUT2D eigenvalue weighted by molar-refractivity contribution is -0.137. The van der Waals surface area contributed by atoms with Gasteiger partial charge in [0.05, 0.1) is 30.3 Å². The number of nitrogens with zero attached hydrogens (tertiary/aromatic N) is 1. The van der Waals surface area contributed by atoms with E-state index in [2.05, 4.69) is 0 Å². The molecule has 0 bridgehead atoms. The first-order chi connectivity index (χ1) is 12.8. The number of carboxylic acid groups (broad SMARTS) is 1.